The second-order valence-electron chi connectivity index (χ2n) is 4.31. The number of rotatable bonds is 3. The minimum atomic E-state index is -0.435. The maximum absolute atomic E-state index is 10.8. The van der Waals surface area contributed by atoms with Crippen LogP contribution in [0.3, 0.4) is 0 Å². The number of nitro benzene ring substituents is 1. The van der Waals surface area contributed by atoms with Gasteiger partial charge >= 0.3 is 0 Å². The standard InChI is InChI=1S/C14H9BrN4O2/c15-13-7-2-1-6-12(13)14-9-18(17-16-14)10-4-3-5-11(8-10)19(20)21/h1-9H. The van der Waals surface area contributed by atoms with Crippen LogP contribution in [-0.2, 0) is 0 Å². The van der Waals surface area contributed by atoms with Crippen molar-refractivity contribution in [2.75, 3.05) is 0 Å². The zero-order valence-electron chi connectivity index (χ0n) is 10.7. The van der Waals surface area contributed by atoms with Crippen molar-refractivity contribution >= 4 is 21.6 Å². The van der Waals surface area contributed by atoms with E-state index >= 15 is 0 Å². The van der Waals surface area contributed by atoms with Crippen molar-refractivity contribution in [2.45, 2.75) is 0 Å². The minimum Gasteiger partial charge on any atom is -0.258 e. The van der Waals surface area contributed by atoms with Gasteiger partial charge in [0, 0.05) is 22.2 Å². The lowest BCUT2D eigenvalue weighted by molar-refractivity contribution is -0.384. The molecular weight excluding hydrogens is 336 g/mol. The number of hydrogen-bond donors (Lipinski definition) is 0. The van der Waals surface area contributed by atoms with Crippen LogP contribution in [0.15, 0.2) is 59.2 Å². The second-order valence-corrected chi connectivity index (χ2v) is 5.16. The molecule has 0 saturated carbocycles. The molecule has 0 fully saturated rings. The predicted octanol–water partition coefficient (Wildman–Crippen LogP) is 3.61. The average molecular weight is 345 g/mol. The van der Waals surface area contributed by atoms with Gasteiger partial charge in [-0.25, -0.2) is 4.68 Å². The fraction of sp³-hybridized carbons (Fsp3) is 0. The van der Waals surface area contributed by atoms with Gasteiger partial charge in [-0.05, 0) is 12.1 Å². The average Bonchev–Trinajstić information content (AvgIpc) is 2.97. The van der Waals surface area contributed by atoms with E-state index in [4.69, 9.17) is 0 Å². The van der Waals surface area contributed by atoms with Crippen molar-refractivity contribution in [1.82, 2.24) is 15.0 Å². The zero-order valence-corrected chi connectivity index (χ0v) is 12.3. The van der Waals surface area contributed by atoms with Gasteiger partial charge in [0.25, 0.3) is 5.69 Å². The Morgan fingerprint density at radius 3 is 2.71 bits per heavy atom. The van der Waals surface area contributed by atoms with Crippen LogP contribution < -0.4 is 0 Å². The molecule has 0 bridgehead atoms. The summed E-state index contributed by atoms with van der Waals surface area (Å²) in [6, 6.07) is 13.9. The number of benzene rings is 2. The molecule has 0 aliphatic rings. The molecule has 7 heteroatoms. The normalized spacial score (nSPS) is 10.5. The third-order valence-corrected chi connectivity index (χ3v) is 3.64. The summed E-state index contributed by atoms with van der Waals surface area (Å²) in [4.78, 5) is 10.4. The molecule has 3 rings (SSSR count). The van der Waals surface area contributed by atoms with E-state index in [1.54, 1.807) is 18.3 Å². The quantitative estimate of drug-likeness (QED) is 0.537. The summed E-state index contributed by atoms with van der Waals surface area (Å²) in [6.45, 7) is 0. The molecule has 0 amide bonds. The van der Waals surface area contributed by atoms with Crippen molar-refractivity contribution in [3.63, 3.8) is 0 Å². The van der Waals surface area contributed by atoms with Gasteiger partial charge in [0.2, 0.25) is 0 Å². The number of aromatic nitrogens is 3. The Kier molecular flexibility index (Phi) is 3.49. The molecule has 0 aliphatic heterocycles. The Labute approximate surface area is 128 Å². The lowest BCUT2D eigenvalue weighted by Crippen LogP contribution is -1.96. The first-order valence-corrected chi connectivity index (χ1v) is 6.86. The minimum absolute atomic E-state index is 0.0189. The van der Waals surface area contributed by atoms with E-state index in [1.165, 1.54) is 16.8 Å². The Bertz CT molecular complexity index is 816. The van der Waals surface area contributed by atoms with Crippen LogP contribution >= 0.6 is 15.9 Å². The van der Waals surface area contributed by atoms with Crippen LogP contribution in [0.5, 0.6) is 0 Å². The number of halogens is 1. The highest BCUT2D eigenvalue weighted by Gasteiger charge is 2.11. The van der Waals surface area contributed by atoms with E-state index < -0.39 is 4.92 Å². The lowest BCUT2D eigenvalue weighted by atomic mass is 10.2. The molecule has 0 spiro atoms. The van der Waals surface area contributed by atoms with E-state index in [1.807, 2.05) is 24.3 Å². The summed E-state index contributed by atoms with van der Waals surface area (Å²) >= 11 is 3.46. The zero-order chi connectivity index (χ0) is 14.8. The molecule has 0 aliphatic carbocycles. The van der Waals surface area contributed by atoms with E-state index in [-0.39, 0.29) is 5.69 Å². The molecule has 0 radical (unpaired) electrons. The Hall–Kier alpha value is -2.54. The van der Waals surface area contributed by atoms with Gasteiger partial charge in [-0.15, -0.1) is 5.10 Å². The van der Waals surface area contributed by atoms with Crippen LogP contribution in [0.4, 0.5) is 5.69 Å². The molecule has 3 aromatic rings. The van der Waals surface area contributed by atoms with E-state index in [2.05, 4.69) is 26.2 Å². The molecule has 21 heavy (non-hydrogen) atoms. The highest BCUT2D eigenvalue weighted by molar-refractivity contribution is 9.10. The monoisotopic (exact) mass is 344 g/mol. The smallest absolute Gasteiger partial charge is 0.258 e. The van der Waals surface area contributed by atoms with Gasteiger partial charge in [0.1, 0.15) is 5.69 Å². The maximum atomic E-state index is 10.8. The first-order valence-electron chi connectivity index (χ1n) is 6.07. The largest absolute Gasteiger partial charge is 0.271 e. The number of nitro groups is 1. The Balaban J connectivity index is 2.01. The van der Waals surface area contributed by atoms with Gasteiger partial charge in [0.05, 0.1) is 16.8 Å². The molecule has 0 atom stereocenters. The van der Waals surface area contributed by atoms with Crippen LogP contribution in [-0.4, -0.2) is 19.9 Å². The van der Waals surface area contributed by atoms with E-state index in [0.29, 0.717) is 11.4 Å². The summed E-state index contributed by atoms with van der Waals surface area (Å²) in [6.07, 6.45) is 1.74. The SMILES string of the molecule is O=[N+]([O-])c1cccc(-n2cc(-c3ccccc3Br)nn2)c1. The third kappa shape index (κ3) is 2.68. The van der Waals surface area contributed by atoms with Crippen LogP contribution in [0.25, 0.3) is 16.9 Å². The summed E-state index contributed by atoms with van der Waals surface area (Å²) < 4.78 is 2.43. The van der Waals surface area contributed by atoms with Crippen molar-refractivity contribution < 1.29 is 4.92 Å². The number of non-ortho nitro benzene ring substituents is 1. The third-order valence-electron chi connectivity index (χ3n) is 2.95. The number of nitrogens with zero attached hydrogens (tertiary/aromatic N) is 4. The molecule has 1 heterocycles. The highest BCUT2D eigenvalue weighted by Crippen LogP contribution is 2.26. The van der Waals surface area contributed by atoms with Gasteiger partial charge in [-0.1, -0.05) is 45.4 Å². The highest BCUT2D eigenvalue weighted by atomic mass is 79.9. The lowest BCUT2D eigenvalue weighted by Gasteiger charge is -2.00. The van der Waals surface area contributed by atoms with Crippen molar-refractivity contribution in [2.24, 2.45) is 0 Å². The molecule has 0 N–H and O–H groups in total. The molecule has 6 nitrogen and oxygen atoms in total. The second kappa shape index (κ2) is 5.45. The summed E-state index contributed by atoms with van der Waals surface area (Å²) in [5, 5.41) is 18.9. The molecular formula is C14H9BrN4O2. The van der Waals surface area contributed by atoms with Crippen LogP contribution in [0.2, 0.25) is 0 Å². The summed E-state index contributed by atoms with van der Waals surface area (Å²) in [5.41, 5.74) is 2.21. The topological polar surface area (TPSA) is 73.8 Å². The van der Waals surface area contributed by atoms with Gasteiger partial charge in [-0.3, -0.25) is 10.1 Å². The van der Waals surface area contributed by atoms with Crippen LogP contribution in [0.1, 0.15) is 0 Å². The predicted molar refractivity (Wildman–Crippen MR) is 81.1 cm³/mol. The van der Waals surface area contributed by atoms with E-state index in [9.17, 15) is 10.1 Å². The summed E-state index contributed by atoms with van der Waals surface area (Å²) in [7, 11) is 0. The van der Waals surface area contributed by atoms with Crippen LogP contribution in [0, 0.1) is 10.1 Å². The molecule has 0 unspecified atom stereocenters. The number of hydrogen-bond acceptors (Lipinski definition) is 4. The van der Waals surface area contributed by atoms with Gasteiger partial charge in [-0.2, -0.15) is 0 Å². The van der Waals surface area contributed by atoms with Crippen molar-refractivity contribution in [3.05, 3.63) is 69.3 Å². The fourth-order valence-corrected chi connectivity index (χ4v) is 2.42. The first-order chi connectivity index (χ1) is 10.1. The maximum Gasteiger partial charge on any atom is 0.271 e. The Morgan fingerprint density at radius 1 is 1.14 bits per heavy atom. The van der Waals surface area contributed by atoms with Gasteiger partial charge < -0.3 is 0 Å². The van der Waals surface area contributed by atoms with E-state index in [0.717, 1.165) is 10.0 Å². The fourth-order valence-electron chi connectivity index (χ4n) is 1.93. The molecule has 1 aromatic heterocycles. The molecule has 0 saturated heterocycles. The van der Waals surface area contributed by atoms with Crippen molar-refractivity contribution in [1.29, 1.82) is 0 Å². The first kappa shape index (κ1) is 13.4. The van der Waals surface area contributed by atoms with Crippen molar-refractivity contribution in [3.8, 4) is 16.9 Å². The van der Waals surface area contributed by atoms with Gasteiger partial charge in [0.15, 0.2) is 0 Å². The molecule has 2 aromatic carbocycles. The Morgan fingerprint density at radius 2 is 1.95 bits per heavy atom. The molecule has 104 valence electrons. The summed E-state index contributed by atoms with van der Waals surface area (Å²) in [5.74, 6) is 0.